The van der Waals surface area contributed by atoms with Crippen LogP contribution in [0.25, 0.3) is 11.4 Å². The quantitative estimate of drug-likeness (QED) is 0.539. The van der Waals surface area contributed by atoms with E-state index in [0.717, 1.165) is 12.3 Å². The molecule has 156 valence electrons. The first-order valence-corrected chi connectivity index (χ1v) is 8.78. The van der Waals surface area contributed by atoms with E-state index in [4.69, 9.17) is 26.2 Å². The first-order chi connectivity index (χ1) is 14.3. The third kappa shape index (κ3) is 4.38. The van der Waals surface area contributed by atoms with E-state index < -0.39 is 29.0 Å². The maximum Gasteiger partial charge on any atom is 0.338 e. The number of hydrogen-bond donors (Lipinski definition) is 2. The van der Waals surface area contributed by atoms with Gasteiger partial charge in [-0.3, -0.25) is 0 Å². The normalized spacial score (nSPS) is 10.6. The number of carboxylic acids is 1. The zero-order valence-corrected chi connectivity index (χ0v) is 16.5. The van der Waals surface area contributed by atoms with Crippen LogP contribution in [0.2, 0.25) is 5.15 Å². The van der Waals surface area contributed by atoms with E-state index in [-0.39, 0.29) is 23.2 Å². The maximum atomic E-state index is 14.4. The minimum atomic E-state index is -1.54. The molecular weight excluding hydrogens is 422 g/mol. The zero-order valence-electron chi connectivity index (χ0n) is 15.7. The third-order valence-corrected chi connectivity index (χ3v) is 4.26. The van der Waals surface area contributed by atoms with Crippen molar-refractivity contribution in [1.29, 1.82) is 0 Å². The van der Waals surface area contributed by atoms with Gasteiger partial charge in [0.1, 0.15) is 33.6 Å². The number of anilines is 1. The van der Waals surface area contributed by atoms with Gasteiger partial charge in [-0.15, -0.1) is 0 Å². The predicted molar refractivity (Wildman–Crippen MR) is 104 cm³/mol. The van der Waals surface area contributed by atoms with Crippen LogP contribution in [0.1, 0.15) is 15.9 Å². The number of ether oxygens (including phenoxy) is 2. The second-order valence-corrected chi connectivity index (χ2v) is 6.27. The molecule has 8 nitrogen and oxygen atoms in total. The highest BCUT2D eigenvalue weighted by Crippen LogP contribution is 2.27. The average Bonchev–Trinajstić information content (AvgIpc) is 2.73. The van der Waals surface area contributed by atoms with E-state index in [1.165, 1.54) is 14.2 Å². The highest BCUT2D eigenvalue weighted by atomic mass is 35.5. The fourth-order valence-electron chi connectivity index (χ4n) is 2.60. The summed E-state index contributed by atoms with van der Waals surface area (Å²) in [5.41, 5.74) is -0.824. The number of rotatable bonds is 7. The zero-order chi connectivity index (χ0) is 21.8. The Morgan fingerprint density at radius 3 is 2.60 bits per heavy atom. The molecular formula is C19H15ClF2N4O4. The minimum absolute atomic E-state index is 0.158. The SMILES string of the molecule is COc1ccc(CNc2ncc(-c3nc(Cl)cc(C(=O)O)c3F)nc2F)c(OC)c1. The van der Waals surface area contributed by atoms with Gasteiger partial charge in [-0.1, -0.05) is 11.6 Å². The molecule has 0 saturated carbocycles. The van der Waals surface area contributed by atoms with Crippen LogP contribution in [0.5, 0.6) is 11.5 Å². The third-order valence-electron chi connectivity index (χ3n) is 4.07. The number of pyridine rings is 1. The van der Waals surface area contributed by atoms with Gasteiger partial charge in [0.2, 0.25) is 0 Å². The van der Waals surface area contributed by atoms with Gasteiger partial charge >= 0.3 is 5.97 Å². The molecule has 0 saturated heterocycles. The number of methoxy groups -OCH3 is 2. The fourth-order valence-corrected chi connectivity index (χ4v) is 2.79. The molecule has 0 amide bonds. The van der Waals surface area contributed by atoms with Crippen LogP contribution >= 0.6 is 11.6 Å². The summed E-state index contributed by atoms with van der Waals surface area (Å²) in [4.78, 5) is 22.3. The number of hydrogen-bond acceptors (Lipinski definition) is 7. The molecule has 2 aromatic heterocycles. The molecule has 1 aromatic carbocycles. The fraction of sp³-hybridized carbons (Fsp3) is 0.158. The van der Waals surface area contributed by atoms with Crippen molar-refractivity contribution in [3.05, 3.63) is 58.5 Å². The van der Waals surface area contributed by atoms with Crippen LogP contribution < -0.4 is 14.8 Å². The van der Waals surface area contributed by atoms with Crippen LogP contribution in [0, 0.1) is 11.8 Å². The Morgan fingerprint density at radius 2 is 1.97 bits per heavy atom. The molecule has 0 aliphatic heterocycles. The lowest BCUT2D eigenvalue weighted by molar-refractivity contribution is 0.0691. The minimum Gasteiger partial charge on any atom is -0.497 e. The lowest BCUT2D eigenvalue weighted by Gasteiger charge is -2.12. The Bertz CT molecular complexity index is 1110. The molecule has 0 fully saturated rings. The summed E-state index contributed by atoms with van der Waals surface area (Å²) < 4.78 is 39.3. The molecule has 3 rings (SSSR count). The van der Waals surface area contributed by atoms with Crippen molar-refractivity contribution in [2.24, 2.45) is 0 Å². The molecule has 0 radical (unpaired) electrons. The lowest BCUT2D eigenvalue weighted by Crippen LogP contribution is -2.08. The average molecular weight is 437 g/mol. The number of aromatic carboxylic acids is 1. The molecule has 2 N–H and O–H groups in total. The molecule has 0 bridgehead atoms. The summed E-state index contributed by atoms with van der Waals surface area (Å²) in [5, 5.41) is 11.5. The monoisotopic (exact) mass is 436 g/mol. The molecule has 0 unspecified atom stereocenters. The molecule has 0 atom stereocenters. The summed E-state index contributed by atoms with van der Waals surface area (Å²) in [5.74, 6) is -2.83. The Kier molecular flexibility index (Phi) is 6.26. The first kappa shape index (κ1) is 21.2. The molecule has 30 heavy (non-hydrogen) atoms. The largest absolute Gasteiger partial charge is 0.497 e. The van der Waals surface area contributed by atoms with Gasteiger partial charge in [0.25, 0.3) is 5.95 Å². The topological polar surface area (TPSA) is 106 Å². The van der Waals surface area contributed by atoms with Gasteiger partial charge in [-0.2, -0.15) is 4.39 Å². The van der Waals surface area contributed by atoms with Crippen molar-refractivity contribution in [3.8, 4) is 22.9 Å². The highest BCUT2D eigenvalue weighted by molar-refractivity contribution is 6.29. The van der Waals surface area contributed by atoms with Crippen molar-refractivity contribution in [3.63, 3.8) is 0 Å². The van der Waals surface area contributed by atoms with E-state index in [1.54, 1.807) is 18.2 Å². The van der Waals surface area contributed by atoms with Gasteiger partial charge in [0, 0.05) is 18.2 Å². The standard InChI is InChI=1S/C19H15ClF2N4O4/c1-29-10-4-3-9(13(5-10)30-2)7-23-18-17(22)25-12(8-24-18)16-15(21)11(19(27)28)6-14(20)26-16/h3-6,8H,7H2,1-2H3,(H,23,24)(H,27,28). The number of nitrogens with zero attached hydrogens (tertiary/aromatic N) is 3. The molecule has 3 aromatic rings. The van der Waals surface area contributed by atoms with E-state index >= 15 is 0 Å². The van der Waals surface area contributed by atoms with Crippen molar-refractivity contribution in [2.45, 2.75) is 6.54 Å². The van der Waals surface area contributed by atoms with E-state index in [9.17, 15) is 13.6 Å². The summed E-state index contributed by atoms with van der Waals surface area (Å²) in [6, 6.07) is 5.99. The van der Waals surface area contributed by atoms with Crippen molar-refractivity contribution >= 4 is 23.4 Å². The maximum absolute atomic E-state index is 14.4. The number of nitrogens with one attached hydrogen (secondary N) is 1. The van der Waals surface area contributed by atoms with Crippen molar-refractivity contribution in [1.82, 2.24) is 15.0 Å². The number of benzene rings is 1. The van der Waals surface area contributed by atoms with Crippen LogP contribution in [0.4, 0.5) is 14.6 Å². The van der Waals surface area contributed by atoms with Crippen molar-refractivity contribution in [2.75, 3.05) is 19.5 Å². The predicted octanol–water partition coefficient (Wildman–Crippen LogP) is 3.80. The van der Waals surface area contributed by atoms with Crippen LogP contribution in [0.15, 0.2) is 30.5 Å². The smallest absolute Gasteiger partial charge is 0.338 e. The summed E-state index contributed by atoms with van der Waals surface area (Å²) in [6.07, 6.45) is 1.06. The Balaban J connectivity index is 1.86. The van der Waals surface area contributed by atoms with Crippen LogP contribution in [-0.4, -0.2) is 40.2 Å². The van der Waals surface area contributed by atoms with E-state index in [0.29, 0.717) is 17.1 Å². The van der Waals surface area contributed by atoms with Gasteiger partial charge in [0.15, 0.2) is 11.6 Å². The molecule has 0 aliphatic carbocycles. The van der Waals surface area contributed by atoms with E-state index in [1.807, 2.05) is 0 Å². The van der Waals surface area contributed by atoms with Gasteiger partial charge in [-0.05, 0) is 18.2 Å². The number of carbonyl (C=O) groups is 1. The van der Waals surface area contributed by atoms with Crippen LogP contribution in [-0.2, 0) is 6.54 Å². The van der Waals surface area contributed by atoms with Crippen LogP contribution in [0.3, 0.4) is 0 Å². The Labute approximate surface area is 174 Å². The Morgan fingerprint density at radius 1 is 1.20 bits per heavy atom. The second-order valence-electron chi connectivity index (χ2n) is 5.89. The second kappa shape index (κ2) is 8.87. The molecule has 0 spiro atoms. The number of halogens is 3. The lowest BCUT2D eigenvalue weighted by atomic mass is 10.2. The number of carboxylic acid groups (broad SMARTS) is 1. The molecule has 2 heterocycles. The van der Waals surface area contributed by atoms with Crippen molar-refractivity contribution < 1.29 is 28.2 Å². The number of aromatic nitrogens is 3. The molecule has 0 aliphatic rings. The summed E-state index contributed by atoms with van der Waals surface area (Å²) in [7, 11) is 3.02. The van der Waals surface area contributed by atoms with Gasteiger partial charge in [-0.25, -0.2) is 24.1 Å². The summed E-state index contributed by atoms with van der Waals surface area (Å²) >= 11 is 5.74. The highest BCUT2D eigenvalue weighted by Gasteiger charge is 2.21. The van der Waals surface area contributed by atoms with Gasteiger partial charge < -0.3 is 19.9 Å². The molecule has 11 heteroatoms. The summed E-state index contributed by atoms with van der Waals surface area (Å²) in [6.45, 7) is 0.158. The van der Waals surface area contributed by atoms with Gasteiger partial charge in [0.05, 0.1) is 20.4 Å². The van der Waals surface area contributed by atoms with E-state index in [2.05, 4.69) is 20.3 Å². The Hall–Kier alpha value is -3.53. The first-order valence-electron chi connectivity index (χ1n) is 8.41.